The van der Waals surface area contributed by atoms with E-state index in [0.29, 0.717) is 22.1 Å². The Morgan fingerprint density at radius 2 is 2.04 bits per heavy atom. The number of hydrogen-bond donors (Lipinski definition) is 2. The Labute approximate surface area is 160 Å². The van der Waals surface area contributed by atoms with Gasteiger partial charge in [0.1, 0.15) is 18.0 Å². The van der Waals surface area contributed by atoms with Gasteiger partial charge in [0.05, 0.1) is 19.9 Å². The van der Waals surface area contributed by atoms with E-state index < -0.39 is 29.9 Å². The molecule has 1 aromatic heterocycles. The third-order valence-electron chi connectivity index (χ3n) is 4.27. The first-order valence-corrected chi connectivity index (χ1v) is 8.97. The number of ether oxygens (including phenoxy) is 2. The highest BCUT2D eigenvalue weighted by Crippen LogP contribution is 2.32. The quantitative estimate of drug-likeness (QED) is 0.738. The number of imide groups is 1. The van der Waals surface area contributed by atoms with Crippen molar-refractivity contribution in [2.45, 2.75) is 12.5 Å². The summed E-state index contributed by atoms with van der Waals surface area (Å²) in [5, 5.41) is 7.14. The van der Waals surface area contributed by atoms with Crippen molar-refractivity contribution in [3.63, 3.8) is 0 Å². The summed E-state index contributed by atoms with van der Waals surface area (Å²) in [5.74, 6) is -0.00169. The Morgan fingerprint density at radius 1 is 1.26 bits per heavy atom. The Hall–Kier alpha value is -3.07. The molecule has 0 saturated carbocycles. The number of thiophene rings is 1. The van der Waals surface area contributed by atoms with Gasteiger partial charge in [0.2, 0.25) is 5.91 Å². The van der Waals surface area contributed by atoms with Crippen LogP contribution in [0, 0.1) is 0 Å². The monoisotopic (exact) mass is 389 g/mol. The molecule has 1 unspecified atom stereocenters. The first-order chi connectivity index (χ1) is 12.9. The van der Waals surface area contributed by atoms with Crippen LogP contribution in [0.25, 0.3) is 0 Å². The average Bonchev–Trinajstić information content (AvgIpc) is 3.27. The SMILES string of the molecule is COc1ccc(NC(=O)CN2C(=O)NC(C)(c3cccs3)C2=O)c(OC)c1. The maximum Gasteiger partial charge on any atom is 0.325 e. The minimum Gasteiger partial charge on any atom is -0.497 e. The zero-order valence-corrected chi connectivity index (χ0v) is 15.9. The molecule has 1 saturated heterocycles. The molecule has 1 aliphatic heterocycles. The second-order valence-corrected chi connectivity index (χ2v) is 6.99. The molecule has 0 spiro atoms. The van der Waals surface area contributed by atoms with Crippen LogP contribution in [0.2, 0.25) is 0 Å². The second kappa shape index (κ2) is 7.28. The highest BCUT2D eigenvalue weighted by atomic mass is 32.1. The lowest BCUT2D eigenvalue weighted by atomic mass is 10.0. The van der Waals surface area contributed by atoms with Crippen LogP contribution in [-0.2, 0) is 15.1 Å². The van der Waals surface area contributed by atoms with Gasteiger partial charge in [-0.2, -0.15) is 0 Å². The van der Waals surface area contributed by atoms with Crippen LogP contribution >= 0.6 is 11.3 Å². The fourth-order valence-corrected chi connectivity index (χ4v) is 3.64. The molecular weight excluding hydrogens is 370 g/mol. The minimum atomic E-state index is -1.16. The van der Waals surface area contributed by atoms with Gasteiger partial charge in [-0.15, -0.1) is 11.3 Å². The molecule has 9 heteroatoms. The molecule has 27 heavy (non-hydrogen) atoms. The van der Waals surface area contributed by atoms with E-state index in [-0.39, 0.29) is 0 Å². The molecule has 4 amide bonds. The van der Waals surface area contributed by atoms with Gasteiger partial charge < -0.3 is 20.1 Å². The van der Waals surface area contributed by atoms with Crippen molar-refractivity contribution in [1.29, 1.82) is 0 Å². The van der Waals surface area contributed by atoms with Crippen LogP contribution in [-0.4, -0.2) is 43.5 Å². The zero-order valence-electron chi connectivity index (χ0n) is 15.1. The van der Waals surface area contributed by atoms with Crippen molar-refractivity contribution in [1.82, 2.24) is 10.2 Å². The molecule has 1 atom stereocenters. The highest BCUT2D eigenvalue weighted by Gasteiger charge is 2.50. The average molecular weight is 389 g/mol. The number of anilines is 1. The van der Waals surface area contributed by atoms with E-state index in [1.165, 1.54) is 25.6 Å². The normalized spacial score (nSPS) is 19.0. The molecule has 2 heterocycles. The van der Waals surface area contributed by atoms with E-state index in [4.69, 9.17) is 9.47 Å². The van der Waals surface area contributed by atoms with E-state index >= 15 is 0 Å². The standard InChI is InChI=1S/C18H19N3O5S/c1-18(14-5-4-8-27-14)16(23)21(17(24)20-18)10-15(22)19-12-7-6-11(25-2)9-13(12)26-3/h4-9H,10H2,1-3H3,(H,19,22)(H,20,24). The molecule has 0 bridgehead atoms. The van der Waals surface area contributed by atoms with E-state index in [1.807, 2.05) is 5.38 Å². The number of hydrogen-bond acceptors (Lipinski definition) is 6. The van der Waals surface area contributed by atoms with Crippen LogP contribution in [0.15, 0.2) is 35.7 Å². The molecule has 8 nitrogen and oxygen atoms in total. The largest absolute Gasteiger partial charge is 0.497 e. The van der Waals surface area contributed by atoms with Crippen LogP contribution < -0.4 is 20.1 Å². The third-order valence-corrected chi connectivity index (χ3v) is 5.36. The molecule has 142 valence electrons. The Bertz CT molecular complexity index is 883. The van der Waals surface area contributed by atoms with Gasteiger partial charge in [-0.1, -0.05) is 6.07 Å². The maximum atomic E-state index is 12.8. The first kappa shape index (κ1) is 18.7. The van der Waals surface area contributed by atoms with Gasteiger partial charge in [0.25, 0.3) is 5.91 Å². The topological polar surface area (TPSA) is 97.0 Å². The molecule has 0 radical (unpaired) electrons. The summed E-state index contributed by atoms with van der Waals surface area (Å²) in [7, 11) is 2.99. The highest BCUT2D eigenvalue weighted by molar-refractivity contribution is 7.10. The van der Waals surface area contributed by atoms with Gasteiger partial charge in [-0.3, -0.25) is 14.5 Å². The summed E-state index contributed by atoms with van der Waals surface area (Å²) in [6.45, 7) is 1.23. The molecular formula is C18H19N3O5S. The first-order valence-electron chi connectivity index (χ1n) is 8.09. The number of rotatable bonds is 6. The van der Waals surface area contributed by atoms with Gasteiger partial charge in [-0.05, 0) is 30.5 Å². The Kier molecular flexibility index (Phi) is 5.04. The smallest absolute Gasteiger partial charge is 0.325 e. The van der Waals surface area contributed by atoms with Crippen molar-refractivity contribution in [3.05, 3.63) is 40.6 Å². The van der Waals surface area contributed by atoms with Crippen molar-refractivity contribution in [2.75, 3.05) is 26.1 Å². The number of methoxy groups -OCH3 is 2. The molecule has 1 fully saturated rings. The third kappa shape index (κ3) is 3.45. The van der Waals surface area contributed by atoms with Crippen LogP contribution in [0.1, 0.15) is 11.8 Å². The van der Waals surface area contributed by atoms with Gasteiger partial charge >= 0.3 is 6.03 Å². The van der Waals surface area contributed by atoms with E-state index in [0.717, 1.165) is 4.90 Å². The molecule has 1 aromatic carbocycles. The molecule has 0 aliphatic carbocycles. The predicted molar refractivity (Wildman–Crippen MR) is 100 cm³/mol. The fraction of sp³-hybridized carbons (Fsp3) is 0.278. The summed E-state index contributed by atoms with van der Waals surface area (Å²) in [6, 6.07) is 7.88. The van der Waals surface area contributed by atoms with E-state index in [9.17, 15) is 14.4 Å². The lowest BCUT2D eigenvalue weighted by Crippen LogP contribution is -2.41. The maximum absolute atomic E-state index is 12.8. The minimum absolute atomic E-state index is 0.402. The van der Waals surface area contributed by atoms with Crippen LogP contribution in [0.4, 0.5) is 10.5 Å². The number of amides is 4. The lowest BCUT2D eigenvalue weighted by molar-refractivity contribution is -0.133. The molecule has 2 aromatic rings. The van der Waals surface area contributed by atoms with Crippen LogP contribution in [0.3, 0.4) is 0 Å². The molecule has 3 rings (SSSR count). The summed E-state index contributed by atoms with van der Waals surface area (Å²) >= 11 is 1.37. The summed E-state index contributed by atoms with van der Waals surface area (Å²) in [6.07, 6.45) is 0. The van der Waals surface area contributed by atoms with Gasteiger partial charge in [-0.25, -0.2) is 4.79 Å². The number of carbonyl (C=O) groups is 3. The van der Waals surface area contributed by atoms with E-state index in [1.54, 1.807) is 37.3 Å². The van der Waals surface area contributed by atoms with Crippen molar-refractivity contribution in [2.24, 2.45) is 0 Å². The van der Waals surface area contributed by atoms with E-state index in [2.05, 4.69) is 10.6 Å². The van der Waals surface area contributed by atoms with Crippen LogP contribution in [0.5, 0.6) is 11.5 Å². The molecule has 1 aliphatic rings. The van der Waals surface area contributed by atoms with Crippen molar-refractivity contribution in [3.8, 4) is 11.5 Å². The Balaban J connectivity index is 1.73. The number of carbonyl (C=O) groups excluding carboxylic acids is 3. The lowest BCUT2D eigenvalue weighted by Gasteiger charge is -2.20. The summed E-state index contributed by atoms with van der Waals surface area (Å²) in [5.41, 5.74) is -0.750. The Morgan fingerprint density at radius 3 is 2.67 bits per heavy atom. The molecule has 2 N–H and O–H groups in total. The van der Waals surface area contributed by atoms with Crippen molar-refractivity contribution >= 4 is 34.9 Å². The number of benzene rings is 1. The fourth-order valence-electron chi connectivity index (χ4n) is 2.81. The van der Waals surface area contributed by atoms with Gasteiger partial charge in [0, 0.05) is 10.9 Å². The second-order valence-electron chi connectivity index (χ2n) is 6.04. The number of urea groups is 1. The zero-order chi connectivity index (χ0) is 19.6. The van der Waals surface area contributed by atoms with Crippen molar-refractivity contribution < 1.29 is 23.9 Å². The summed E-state index contributed by atoms with van der Waals surface area (Å²) in [4.78, 5) is 39.1. The number of nitrogens with one attached hydrogen (secondary N) is 2. The number of nitrogens with zero attached hydrogens (tertiary/aromatic N) is 1. The predicted octanol–water partition coefficient (Wildman–Crippen LogP) is 2.17. The summed E-state index contributed by atoms with van der Waals surface area (Å²) < 4.78 is 10.3. The van der Waals surface area contributed by atoms with Gasteiger partial charge in [0.15, 0.2) is 5.54 Å².